The van der Waals surface area contributed by atoms with Gasteiger partial charge in [0.05, 0.1) is 11.2 Å². The molecule has 2 rings (SSSR count). The molecule has 0 saturated carbocycles. The Bertz CT molecular complexity index is 513. The lowest BCUT2D eigenvalue weighted by Crippen LogP contribution is -2.09. The van der Waals surface area contributed by atoms with Crippen molar-refractivity contribution < 1.29 is 4.39 Å². The van der Waals surface area contributed by atoms with Gasteiger partial charge in [0.2, 0.25) is 5.28 Å². The topological polar surface area (TPSA) is 51.8 Å². The number of nitrogens with zero attached hydrogens (tertiary/aromatic N) is 2. The Morgan fingerprint density at radius 3 is 2.80 bits per heavy atom. The van der Waals surface area contributed by atoms with Gasteiger partial charge >= 0.3 is 0 Å². The van der Waals surface area contributed by atoms with E-state index in [2.05, 4.69) is 9.97 Å². The number of benzene rings is 1. The lowest BCUT2D eigenvalue weighted by molar-refractivity contribution is 0.629. The monoisotopic (exact) mass is 225 g/mol. The van der Waals surface area contributed by atoms with Crippen molar-refractivity contribution in [2.45, 2.75) is 13.0 Å². The minimum atomic E-state index is -0.338. The Morgan fingerprint density at radius 2 is 2.13 bits per heavy atom. The first-order chi connectivity index (χ1) is 7.08. The van der Waals surface area contributed by atoms with E-state index in [4.69, 9.17) is 17.3 Å². The van der Waals surface area contributed by atoms with E-state index in [-0.39, 0.29) is 17.1 Å². The third-order valence-electron chi connectivity index (χ3n) is 2.09. The summed E-state index contributed by atoms with van der Waals surface area (Å²) in [5.41, 5.74) is 6.89. The van der Waals surface area contributed by atoms with Gasteiger partial charge in [0.1, 0.15) is 5.82 Å². The van der Waals surface area contributed by atoms with Crippen LogP contribution in [0.3, 0.4) is 0 Å². The molecule has 0 saturated heterocycles. The largest absolute Gasteiger partial charge is 0.323 e. The lowest BCUT2D eigenvalue weighted by atomic mass is 10.1. The molecule has 1 aromatic carbocycles. The molecule has 0 bridgehead atoms. The van der Waals surface area contributed by atoms with Crippen molar-refractivity contribution in [3.8, 4) is 0 Å². The summed E-state index contributed by atoms with van der Waals surface area (Å²) >= 11 is 5.74. The third-order valence-corrected chi connectivity index (χ3v) is 2.26. The van der Waals surface area contributed by atoms with E-state index in [1.54, 1.807) is 13.0 Å². The molecule has 78 valence electrons. The summed E-state index contributed by atoms with van der Waals surface area (Å²) in [5, 5.41) is 0.732. The fourth-order valence-electron chi connectivity index (χ4n) is 1.44. The van der Waals surface area contributed by atoms with E-state index in [1.165, 1.54) is 12.1 Å². The van der Waals surface area contributed by atoms with Crippen molar-refractivity contribution in [1.29, 1.82) is 0 Å². The maximum absolute atomic E-state index is 13.1. The van der Waals surface area contributed by atoms with Gasteiger partial charge in [-0.1, -0.05) is 0 Å². The van der Waals surface area contributed by atoms with Gasteiger partial charge in [0.15, 0.2) is 0 Å². The molecule has 1 aromatic heterocycles. The molecular formula is C10H9ClFN3. The summed E-state index contributed by atoms with van der Waals surface area (Å²) < 4.78 is 13.1. The first kappa shape index (κ1) is 10.3. The minimum Gasteiger partial charge on any atom is -0.323 e. The quantitative estimate of drug-likeness (QED) is 0.759. The molecule has 0 aliphatic rings. The Hall–Kier alpha value is -1.26. The molecule has 0 radical (unpaired) electrons. The van der Waals surface area contributed by atoms with Crippen LogP contribution in [0.4, 0.5) is 4.39 Å². The smallest absolute Gasteiger partial charge is 0.223 e. The van der Waals surface area contributed by atoms with Crippen molar-refractivity contribution in [2.75, 3.05) is 0 Å². The molecule has 0 fully saturated rings. The molecule has 2 N–H and O–H groups in total. The third kappa shape index (κ3) is 1.91. The van der Waals surface area contributed by atoms with Crippen molar-refractivity contribution in [2.24, 2.45) is 5.73 Å². The zero-order chi connectivity index (χ0) is 11.0. The van der Waals surface area contributed by atoms with Crippen molar-refractivity contribution >= 4 is 22.5 Å². The lowest BCUT2D eigenvalue weighted by Gasteiger charge is -2.08. The number of rotatable bonds is 1. The van der Waals surface area contributed by atoms with E-state index in [0.717, 1.165) is 0 Å². The number of aromatic nitrogens is 2. The van der Waals surface area contributed by atoms with Crippen LogP contribution in [0.5, 0.6) is 0 Å². The van der Waals surface area contributed by atoms with Crippen LogP contribution in [0, 0.1) is 5.82 Å². The Labute approximate surface area is 91.1 Å². The number of halogens is 2. The van der Waals surface area contributed by atoms with Crippen LogP contribution in [-0.4, -0.2) is 9.97 Å². The normalized spacial score (nSPS) is 13.1. The van der Waals surface area contributed by atoms with Crippen LogP contribution in [0.25, 0.3) is 10.9 Å². The number of nitrogens with two attached hydrogens (primary N) is 1. The SMILES string of the molecule is CC(N)c1nc(Cl)nc2ccc(F)cc12. The molecule has 0 aliphatic carbocycles. The van der Waals surface area contributed by atoms with Crippen molar-refractivity contribution in [1.82, 2.24) is 9.97 Å². The van der Waals surface area contributed by atoms with Gasteiger partial charge < -0.3 is 5.73 Å². The highest BCUT2D eigenvalue weighted by atomic mass is 35.5. The Kier molecular flexibility index (Phi) is 2.54. The van der Waals surface area contributed by atoms with Gasteiger partial charge in [-0.25, -0.2) is 14.4 Å². The number of hydrogen-bond acceptors (Lipinski definition) is 3. The average Bonchev–Trinajstić information content (AvgIpc) is 2.17. The van der Waals surface area contributed by atoms with E-state index in [0.29, 0.717) is 16.6 Å². The van der Waals surface area contributed by atoms with Gasteiger partial charge in [-0.05, 0) is 36.7 Å². The van der Waals surface area contributed by atoms with E-state index < -0.39 is 0 Å². The summed E-state index contributed by atoms with van der Waals surface area (Å²) in [7, 11) is 0. The standard InChI is InChI=1S/C10H9ClFN3/c1-5(13)9-7-4-6(12)2-3-8(7)14-10(11)15-9/h2-5H,13H2,1H3. The molecule has 2 aromatic rings. The van der Waals surface area contributed by atoms with Crippen LogP contribution < -0.4 is 5.73 Å². The first-order valence-electron chi connectivity index (χ1n) is 4.46. The Balaban J connectivity index is 2.81. The maximum Gasteiger partial charge on any atom is 0.223 e. The second-order valence-electron chi connectivity index (χ2n) is 3.33. The van der Waals surface area contributed by atoms with E-state index in [1.807, 2.05) is 0 Å². The highest BCUT2D eigenvalue weighted by Crippen LogP contribution is 2.22. The van der Waals surface area contributed by atoms with Crippen LogP contribution in [-0.2, 0) is 0 Å². The van der Waals surface area contributed by atoms with Gasteiger partial charge in [-0.3, -0.25) is 0 Å². The molecule has 1 unspecified atom stereocenters. The predicted octanol–water partition coefficient (Wildman–Crippen LogP) is 2.44. The fourth-order valence-corrected chi connectivity index (χ4v) is 1.62. The summed E-state index contributed by atoms with van der Waals surface area (Å²) in [6.45, 7) is 1.77. The maximum atomic E-state index is 13.1. The zero-order valence-corrected chi connectivity index (χ0v) is 8.79. The van der Waals surface area contributed by atoms with E-state index >= 15 is 0 Å². The van der Waals surface area contributed by atoms with Crippen LogP contribution >= 0.6 is 11.6 Å². The highest BCUT2D eigenvalue weighted by Gasteiger charge is 2.10. The molecular weight excluding hydrogens is 217 g/mol. The second kappa shape index (κ2) is 3.72. The van der Waals surface area contributed by atoms with Crippen LogP contribution in [0.15, 0.2) is 18.2 Å². The summed E-state index contributed by atoms with van der Waals surface area (Å²) in [4.78, 5) is 8.00. The molecule has 0 amide bonds. The van der Waals surface area contributed by atoms with E-state index in [9.17, 15) is 4.39 Å². The summed E-state index contributed by atoms with van der Waals surface area (Å²) in [6, 6.07) is 3.94. The molecule has 0 spiro atoms. The molecule has 15 heavy (non-hydrogen) atoms. The summed E-state index contributed by atoms with van der Waals surface area (Å²) in [5.74, 6) is -0.338. The molecule has 1 atom stereocenters. The molecule has 5 heteroatoms. The van der Waals surface area contributed by atoms with Gasteiger partial charge in [0.25, 0.3) is 0 Å². The average molecular weight is 226 g/mol. The number of fused-ring (bicyclic) bond motifs is 1. The first-order valence-corrected chi connectivity index (χ1v) is 4.84. The highest BCUT2D eigenvalue weighted by molar-refractivity contribution is 6.28. The Morgan fingerprint density at radius 1 is 1.40 bits per heavy atom. The predicted molar refractivity (Wildman–Crippen MR) is 57.1 cm³/mol. The minimum absolute atomic E-state index is 0.126. The van der Waals surface area contributed by atoms with Crippen molar-refractivity contribution in [3.05, 3.63) is 35.0 Å². The van der Waals surface area contributed by atoms with Gasteiger partial charge in [0, 0.05) is 11.4 Å². The van der Waals surface area contributed by atoms with Gasteiger partial charge in [-0.2, -0.15) is 0 Å². The molecule has 1 heterocycles. The zero-order valence-electron chi connectivity index (χ0n) is 8.04. The van der Waals surface area contributed by atoms with Crippen molar-refractivity contribution in [3.63, 3.8) is 0 Å². The second-order valence-corrected chi connectivity index (χ2v) is 3.67. The van der Waals surface area contributed by atoms with Gasteiger partial charge in [-0.15, -0.1) is 0 Å². The fraction of sp³-hybridized carbons (Fsp3) is 0.200. The summed E-state index contributed by atoms with van der Waals surface area (Å²) in [6.07, 6.45) is 0. The number of hydrogen-bond donors (Lipinski definition) is 1. The molecule has 3 nitrogen and oxygen atoms in total. The molecule has 0 aliphatic heterocycles. The van der Waals surface area contributed by atoms with Crippen LogP contribution in [0.1, 0.15) is 18.7 Å². The van der Waals surface area contributed by atoms with Crippen LogP contribution in [0.2, 0.25) is 5.28 Å².